The Morgan fingerprint density at radius 3 is 2.65 bits per heavy atom. The molecule has 1 aromatic heterocycles. The molecule has 4 N–H and O–H groups in total. The minimum atomic E-state index is -0.695. The molecule has 0 atom stereocenters. The molecule has 0 bridgehead atoms. The van der Waals surface area contributed by atoms with Crippen molar-refractivity contribution < 1.29 is 4.79 Å². The molecule has 2 rings (SSSR count). The van der Waals surface area contributed by atoms with E-state index in [1.54, 1.807) is 18.2 Å². The summed E-state index contributed by atoms with van der Waals surface area (Å²) in [5.74, 6) is 0. The maximum Gasteiger partial charge on any atom is 0.317 e. The second-order valence-electron chi connectivity index (χ2n) is 4.67. The molecule has 2 amide bonds. The largest absolute Gasteiger partial charge is 0.376 e. The number of amides is 2. The number of hydrogen-bond donors (Lipinski definition) is 3. The minimum absolute atomic E-state index is 0.368. The molecule has 0 saturated heterocycles. The van der Waals surface area contributed by atoms with Gasteiger partial charge in [-0.05, 0) is 24.1 Å². The zero-order valence-electron chi connectivity index (χ0n) is 12.2. The number of nitriles is 1. The lowest BCUT2D eigenvalue weighted by molar-refractivity contribution is 0.259. The van der Waals surface area contributed by atoms with E-state index in [9.17, 15) is 10.1 Å². The Morgan fingerprint density at radius 1 is 1.35 bits per heavy atom. The number of rotatable bonds is 5. The maximum absolute atomic E-state index is 11.3. The lowest BCUT2D eigenvalue weighted by Crippen LogP contribution is -2.18. The van der Waals surface area contributed by atoms with Gasteiger partial charge >= 0.3 is 6.03 Å². The SMILES string of the molecule is CCCNc1sc(NC(N)=O)c(-c2ccc(Cl)c(Cl)c2)c1C#N. The van der Waals surface area contributed by atoms with Gasteiger partial charge in [-0.25, -0.2) is 4.79 Å². The molecule has 5 nitrogen and oxygen atoms in total. The smallest absolute Gasteiger partial charge is 0.317 e. The third-order valence-corrected chi connectivity index (χ3v) is 4.80. The predicted octanol–water partition coefficient (Wildman–Crippen LogP) is 4.91. The summed E-state index contributed by atoms with van der Waals surface area (Å²) in [7, 11) is 0. The fourth-order valence-corrected chi connectivity index (χ4v) is 3.43. The summed E-state index contributed by atoms with van der Waals surface area (Å²) in [6.07, 6.45) is 0.906. The molecule has 0 spiro atoms. The summed E-state index contributed by atoms with van der Waals surface area (Å²) in [5, 5.41) is 17.3. The Morgan fingerprint density at radius 2 is 2.09 bits per heavy atom. The number of thiophene rings is 1. The third kappa shape index (κ3) is 3.88. The Labute approximate surface area is 148 Å². The molecule has 23 heavy (non-hydrogen) atoms. The quantitative estimate of drug-likeness (QED) is 0.700. The molecule has 0 aliphatic rings. The monoisotopic (exact) mass is 368 g/mol. The van der Waals surface area contributed by atoms with Crippen molar-refractivity contribution in [3.8, 4) is 17.2 Å². The highest BCUT2D eigenvalue weighted by atomic mass is 35.5. The highest BCUT2D eigenvalue weighted by molar-refractivity contribution is 7.21. The van der Waals surface area contributed by atoms with Gasteiger partial charge in [-0.1, -0.05) is 47.5 Å². The van der Waals surface area contributed by atoms with E-state index in [2.05, 4.69) is 16.7 Å². The van der Waals surface area contributed by atoms with Crippen molar-refractivity contribution in [1.29, 1.82) is 5.26 Å². The van der Waals surface area contributed by atoms with Crippen LogP contribution in [0.5, 0.6) is 0 Å². The number of benzene rings is 1. The van der Waals surface area contributed by atoms with Gasteiger partial charge in [0.2, 0.25) is 0 Å². The van der Waals surface area contributed by atoms with E-state index in [1.807, 2.05) is 6.92 Å². The van der Waals surface area contributed by atoms with Gasteiger partial charge in [-0.3, -0.25) is 5.32 Å². The second-order valence-corrected chi connectivity index (χ2v) is 6.50. The molecule has 0 unspecified atom stereocenters. The average molecular weight is 369 g/mol. The van der Waals surface area contributed by atoms with Crippen LogP contribution in [0.3, 0.4) is 0 Å². The molecular weight excluding hydrogens is 355 g/mol. The first-order valence-electron chi connectivity index (χ1n) is 6.80. The predicted molar refractivity (Wildman–Crippen MR) is 96.5 cm³/mol. The zero-order valence-corrected chi connectivity index (χ0v) is 14.6. The highest BCUT2D eigenvalue weighted by Crippen LogP contribution is 2.44. The van der Waals surface area contributed by atoms with Crippen LogP contribution in [0, 0.1) is 11.3 Å². The minimum Gasteiger partial charge on any atom is -0.376 e. The number of nitrogens with one attached hydrogen (secondary N) is 2. The van der Waals surface area contributed by atoms with Gasteiger partial charge in [0.1, 0.15) is 16.1 Å². The van der Waals surface area contributed by atoms with Gasteiger partial charge in [0.05, 0.1) is 15.6 Å². The van der Waals surface area contributed by atoms with E-state index < -0.39 is 6.03 Å². The summed E-state index contributed by atoms with van der Waals surface area (Å²) in [4.78, 5) is 11.3. The second kappa shape index (κ2) is 7.55. The van der Waals surface area contributed by atoms with E-state index in [0.29, 0.717) is 43.3 Å². The third-order valence-electron chi connectivity index (χ3n) is 3.00. The number of anilines is 2. The Kier molecular flexibility index (Phi) is 5.72. The number of carbonyl (C=O) groups excluding carboxylic acids is 1. The summed E-state index contributed by atoms with van der Waals surface area (Å²) >= 11 is 13.3. The van der Waals surface area contributed by atoms with Crippen LogP contribution in [0.2, 0.25) is 10.0 Å². The first-order chi connectivity index (χ1) is 11.0. The van der Waals surface area contributed by atoms with Crippen molar-refractivity contribution in [3.05, 3.63) is 33.8 Å². The van der Waals surface area contributed by atoms with Crippen LogP contribution in [-0.4, -0.2) is 12.6 Å². The Balaban J connectivity index is 2.62. The number of hydrogen-bond acceptors (Lipinski definition) is 4. The van der Waals surface area contributed by atoms with Crippen LogP contribution in [0.1, 0.15) is 18.9 Å². The number of halogens is 2. The number of primary amides is 1. The summed E-state index contributed by atoms with van der Waals surface area (Å²) in [5.41, 5.74) is 6.93. The fraction of sp³-hybridized carbons (Fsp3) is 0.200. The van der Waals surface area contributed by atoms with Crippen LogP contribution >= 0.6 is 34.5 Å². The van der Waals surface area contributed by atoms with E-state index >= 15 is 0 Å². The topological polar surface area (TPSA) is 90.9 Å². The first kappa shape index (κ1) is 17.4. The molecule has 0 saturated carbocycles. The van der Waals surface area contributed by atoms with E-state index in [4.69, 9.17) is 28.9 Å². The number of nitrogens with zero attached hydrogens (tertiary/aromatic N) is 1. The van der Waals surface area contributed by atoms with Crippen LogP contribution in [0.25, 0.3) is 11.1 Å². The van der Waals surface area contributed by atoms with Crippen LogP contribution in [-0.2, 0) is 0 Å². The Bertz CT molecular complexity index is 783. The summed E-state index contributed by atoms with van der Waals surface area (Å²) in [6.45, 7) is 2.74. The zero-order chi connectivity index (χ0) is 17.0. The average Bonchev–Trinajstić information content (AvgIpc) is 2.84. The molecule has 0 aliphatic heterocycles. The summed E-state index contributed by atoms with van der Waals surface area (Å²) < 4.78 is 0. The van der Waals surface area contributed by atoms with Gasteiger partial charge < -0.3 is 11.1 Å². The van der Waals surface area contributed by atoms with Crippen molar-refractivity contribution in [2.45, 2.75) is 13.3 Å². The molecule has 2 aromatic rings. The van der Waals surface area contributed by atoms with Crippen molar-refractivity contribution in [2.75, 3.05) is 17.2 Å². The molecule has 1 aromatic carbocycles. The lowest BCUT2D eigenvalue weighted by atomic mass is 10.0. The molecule has 0 aliphatic carbocycles. The van der Waals surface area contributed by atoms with Crippen molar-refractivity contribution in [3.63, 3.8) is 0 Å². The molecule has 120 valence electrons. The molecule has 1 heterocycles. The van der Waals surface area contributed by atoms with Crippen molar-refractivity contribution in [2.24, 2.45) is 5.73 Å². The fourth-order valence-electron chi connectivity index (χ4n) is 2.03. The lowest BCUT2D eigenvalue weighted by Gasteiger charge is -2.06. The van der Waals surface area contributed by atoms with E-state index in [1.165, 1.54) is 11.3 Å². The first-order valence-corrected chi connectivity index (χ1v) is 8.37. The standard InChI is InChI=1S/C15H14Cl2N4OS/c1-2-5-20-13-9(7-18)12(14(23-13)21-15(19)22)8-3-4-10(16)11(17)6-8/h3-4,6,20H,2,5H2,1H3,(H3,19,21,22). The molecule has 0 radical (unpaired) electrons. The number of nitrogens with two attached hydrogens (primary N) is 1. The normalized spacial score (nSPS) is 10.2. The van der Waals surface area contributed by atoms with Crippen LogP contribution in [0.4, 0.5) is 14.8 Å². The van der Waals surface area contributed by atoms with Crippen molar-refractivity contribution >= 4 is 50.6 Å². The van der Waals surface area contributed by atoms with Gasteiger partial charge in [0.15, 0.2) is 0 Å². The van der Waals surface area contributed by atoms with E-state index in [0.717, 1.165) is 6.42 Å². The summed E-state index contributed by atoms with van der Waals surface area (Å²) in [6, 6.07) is 6.53. The van der Waals surface area contributed by atoms with E-state index in [-0.39, 0.29) is 0 Å². The number of urea groups is 1. The molecule has 8 heteroatoms. The maximum atomic E-state index is 11.3. The molecular formula is C15H14Cl2N4OS. The highest BCUT2D eigenvalue weighted by Gasteiger charge is 2.21. The van der Waals surface area contributed by atoms with Gasteiger partial charge in [-0.15, -0.1) is 0 Å². The number of carbonyl (C=O) groups is 1. The van der Waals surface area contributed by atoms with Gasteiger partial charge in [-0.2, -0.15) is 5.26 Å². The Hall–Kier alpha value is -1.94. The van der Waals surface area contributed by atoms with Crippen LogP contribution < -0.4 is 16.4 Å². The van der Waals surface area contributed by atoms with Gasteiger partial charge in [0, 0.05) is 12.1 Å². The molecule has 0 fully saturated rings. The van der Waals surface area contributed by atoms with Gasteiger partial charge in [0.25, 0.3) is 0 Å². The van der Waals surface area contributed by atoms with Crippen molar-refractivity contribution in [1.82, 2.24) is 0 Å². The van der Waals surface area contributed by atoms with Crippen LogP contribution in [0.15, 0.2) is 18.2 Å².